The van der Waals surface area contributed by atoms with E-state index in [2.05, 4.69) is 15.5 Å². The molecule has 1 aliphatic rings. The molecular weight excluding hydrogens is 273 g/mol. The second-order valence-corrected chi connectivity index (χ2v) is 4.47. The van der Waals surface area contributed by atoms with Crippen molar-refractivity contribution in [3.8, 4) is 0 Å². The van der Waals surface area contributed by atoms with Crippen LogP contribution in [0.4, 0.5) is 15.9 Å². The van der Waals surface area contributed by atoms with E-state index in [9.17, 15) is 4.48 Å². The summed E-state index contributed by atoms with van der Waals surface area (Å²) < 4.78 is 19.2. The maximum absolute atomic E-state index is 14.0. The number of para-hydroxylation sites is 1. The van der Waals surface area contributed by atoms with Gasteiger partial charge in [-0.15, -0.1) is 0 Å². The molecule has 2 rings (SSSR count). The van der Waals surface area contributed by atoms with Gasteiger partial charge in [-0.2, -0.15) is 10.6 Å². The van der Waals surface area contributed by atoms with Crippen molar-refractivity contribution in [3.63, 3.8) is 0 Å². The molecule has 0 spiro atoms. The molecule has 7 heteroatoms. The zero-order valence-electron chi connectivity index (χ0n) is 12.4. The van der Waals surface area contributed by atoms with E-state index >= 15 is 0 Å². The van der Waals surface area contributed by atoms with Gasteiger partial charge in [0.05, 0.1) is 24.7 Å². The van der Waals surface area contributed by atoms with Gasteiger partial charge in [-0.1, -0.05) is 21.8 Å². The Morgan fingerprint density at radius 3 is 2.71 bits per heavy atom. The summed E-state index contributed by atoms with van der Waals surface area (Å²) in [5.41, 5.74) is 10.6. The van der Waals surface area contributed by atoms with E-state index in [4.69, 9.17) is 10.5 Å². The third-order valence-corrected chi connectivity index (χ3v) is 3.42. The molecule has 0 fully saturated rings. The highest BCUT2D eigenvalue weighted by molar-refractivity contribution is 5.93. The topological polar surface area (TPSA) is 66.1 Å². The van der Waals surface area contributed by atoms with Gasteiger partial charge < -0.3 is 15.4 Å². The van der Waals surface area contributed by atoms with Crippen LogP contribution in [0.3, 0.4) is 0 Å². The summed E-state index contributed by atoms with van der Waals surface area (Å²) in [5.74, 6) is 0.305. The number of benzene rings is 1. The quantitative estimate of drug-likeness (QED) is 0.643. The molecule has 0 saturated carbocycles. The van der Waals surface area contributed by atoms with Crippen molar-refractivity contribution in [1.29, 1.82) is 0 Å². The normalized spacial score (nSPS) is 14.2. The molecule has 1 aromatic rings. The van der Waals surface area contributed by atoms with E-state index < -0.39 is 0 Å². The predicted octanol–water partition coefficient (Wildman–Crippen LogP) is 2.12. The van der Waals surface area contributed by atoms with E-state index in [-0.39, 0.29) is 5.70 Å². The molecule has 0 atom stereocenters. The summed E-state index contributed by atoms with van der Waals surface area (Å²) >= 11 is 0. The number of nitrogens with one attached hydrogen (secondary N) is 1. The minimum absolute atomic E-state index is 0.207. The number of hydrazine groups is 1. The fourth-order valence-electron chi connectivity index (χ4n) is 2.33. The Morgan fingerprint density at radius 2 is 2.10 bits per heavy atom. The zero-order valence-corrected chi connectivity index (χ0v) is 12.4. The van der Waals surface area contributed by atoms with Gasteiger partial charge in [0, 0.05) is 18.7 Å². The monoisotopic (exact) mass is 293 g/mol. The number of hydrazone groups is 1. The number of methoxy groups -OCH3 is 1. The average molecular weight is 293 g/mol. The van der Waals surface area contributed by atoms with Crippen LogP contribution in [-0.2, 0) is 4.74 Å². The molecule has 0 unspecified atom stereocenters. The van der Waals surface area contributed by atoms with Crippen LogP contribution in [0.2, 0.25) is 0 Å². The number of nitrogens with two attached hydrogens (primary N) is 1. The van der Waals surface area contributed by atoms with Gasteiger partial charge in [-0.25, -0.2) is 0 Å². The second kappa shape index (κ2) is 6.34. The molecule has 0 aliphatic carbocycles. The Kier molecular flexibility index (Phi) is 4.52. The molecular formula is C14H20FN5O. The highest BCUT2D eigenvalue weighted by Gasteiger charge is 2.24. The van der Waals surface area contributed by atoms with Crippen molar-refractivity contribution in [1.82, 2.24) is 10.8 Å². The summed E-state index contributed by atoms with van der Waals surface area (Å²) in [6.07, 6.45) is 1.41. The van der Waals surface area contributed by atoms with Crippen molar-refractivity contribution >= 4 is 23.3 Å². The lowest BCUT2D eigenvalue weighted by Gasteiger charge is -2.27. The lowest BCUT2D eigenvalue weighted by molar-refractivity contribution is 0.0371. The maximum atomic E-state index is 14.0. The highest BCUT2D eigenvalue weighted by atomic mass is 19.2. The van der Waals surface area contributed by atoms with E-state index in [0.29, 0.717) is 22.2 Å². The number of hydrogen-bond acceptors (Lipinski definition) is 6. The van der Waals surface area contributed by atoms with Crippen LogP contribution in [0.1, 0.15) is 19.4 Å². The van der Waals surface area contributed by atoms with Gasteiger partial charge in [-0.3, -0.25) is 0 Å². The fourth-order valence-corrected chi connectivity index (χ4v) is 2.33. The van der Waals surface area contributed by atoms with Crippen molar-refractivity contribution in [2.24, 2.45) is 5.10 Å². The summed E-state index contributed by atoms with van der Waals surface area (Å²) in [6, 6.07) is 5.52. The van der Waals surface area contributed by atoms with E-state index in [0.717, 1.165) is 18.8 Å². The number of rotatable bonds is 5. The molecule has 1 aromatic carbocycles. The van der Waals surface area contributed by atoms with Crippen LogP contribution in [0.25, 0.3) is 5.70 Å². The van der Waals surface area contributed by atoms with Gasteiger partial charge in [0.2, 0.25) is 0 Å². The fraction of sp³-hybridized carbons (Fsp3) is 0.357. The van der Waals surface area contributed by atoms with Gasteiger partial charge in [0.25, 0.3) is 0 Å². The Hall–Kier alpha value is -2.44. The van der Waals surface area contributed by atoms with Crippen LogP contribution in [-0.4, -0.2) is 31.6 Å². The summed E-state index contributed by atoms with van der Waals surface area (Å²) in [7, 11) is 1.46. The molecule has 0 amide bonds. The van der Waals surface area contributed by atoms with Gasteiger partial charge in [-0.05, 0) is 19.9 Å². The Balaban J connectivity index is 2.56. The summed E-state index contributed by atoms with van der Waals surface area (Å²) in [4.78, 5) is 2.11. The van der Waals surface area contributed by atoms with Crippen molar-refractivity contribution in [3.05, 3.63) is 29.5 Å². The second-order valence-electron chi connectivity index (χ2n) is 4.47. The number of allylic oxidation sites excluding steroid dienone is 1. The number of nitrogen functional groups attached to an aromatic ring is 1. The first-order valence-electron chi connectivity index (χ1n) is 6.80. The smallest absolute Gasteiger partial charge is 0.167 e. The number of nitrogens with zero attached hydrogens (tertiary/aromatic N) is 3. The number of halogens is 1. The standard InChI is InChI=1S/C14H20FN5O/c1-4-19(5-2)11-8-6-7-10(13(11)16)14-12(21-3)9-17-18-20(14)15/h6-9,18H,4-5,16H2,1-3H3. The summed E-state index contributed by atoms with van der Waals surface area (Å²) in [6.45, 7) is 5.73. The third-order valence-electron chi connectivity index (χ3n) is 3.42. The maximum Gasteiger partial charge on any atom is 0.167 e. The zero-order chi connectivity index (χ0) is 15.4. The Labute approximate surface area is 123 Å². The third kappa shape index (κ3) is 2.72. The SMILES string of the molecule is CCN(CC)c1cccc(C2=C(OC)C=NNN2F)c1N. The first kappa shape index (κ1) is 15.0. The van der Waals surface area contributed by atoms with E-state index in [1.165, 1.54) is 13.3 Å². The molecule has 6 nitrogen and oxygen atoms in total. The van der Waals surface area contributed by atoms with Crippen LogP contribution in [0.5, 0.6) is 0 Å². The molecule has 1 aliphatic heterocycles. The molecule has 3 N–H and O–H groups in total. The van der Waals surface area contributed by atoms with Crippen LogP contribution in [0.15, 0.2) is 29.1 Å². The highest BCUT2D eigenvalue weighted by Crippen LogP contribution is 2.34. The number of ether oxygens (including phenoxy) is 1. The molecule has 114 valence electrons. The lowest BCUT2D eigenvalue weighted by atomic mass is 10.1. The average Bonchev–Trinajstić information content (AvgIpc) is 2.50. The van der Waals surface area contributed by atoms with Gasteiger partial charge in [0.1, 0.15) is 5.70 Å². The van der Waals surface area contributed by atoms with Crippen LogP contribution in [0, 0.1) is 0 Å². The molecule has 0 aromatic heterocycles. The molecule has 0 bridgehead atoms. The first-order valence-corrected chi connectivity index (χ1v) is 6.80. The largest absolute Gasteiger partial charge is 0.493 e. The van der Waals surface area contributed by atoms with Crippen LogP contribution < -0.4 is 16.2 Å². The van der Waals surface area contributed by atoms with Crippen molar-refractivity contribution < 1.29 is 9.22 Å². The lowest BCUT2D eigenvalue weighted by Crippen LogP contribution is -2.30. The number of anilines is 2. The molecule has 1 heterocycles. The summed E-state index contributed by atoms with van der Waals surface area (Å²) in [5, 5.41) is 3.95. The molecule has 0 saturated heterocycles. The minimum atomic E-state index is 0.207. The number of hydrogen-bond donors (Lipinski definition) is 2. The van der Waals surface area contributed by atoms with Crippen molar-refractivity contribution in [2.45, 2.75) is 13.8 Å². The predicted molar refractivity (Wildman–Crippen MR) is 82.9 cm³/mol. The Bertz CT molecular complexity index is 568. The van der Waals surface area contributed by atoms with Crippen LogP contribution >= 0.6 is 0 Å². The van der Waals surface area contributed by atoms with Gasteiger partial charge >= 0.3 is 0 Å². The molecule has 21 heavy (non-hydrogen) atoms. The minimum Gasteiger partial charge on any atom is -0.493 e. The van der Waals surface area contributed by atoms with E-state index in [1.54, 1.807) is 6.07 Å². The van der Waals surface area contributed by atoms with E-state index in [1.807, 2.05) is 26.0 Å². The van der Waals surface area contributed by atoms with Crippen molar-refractivity contribution in [2.75, 3.05) is 30.8 Å². The van der Waals surface area contributed by atoms with Gasteiger partial charge in [0.15, 0.2) is 5.76 Å². The first-order chi connectivity index (χ1) is 10.1. The Morgan fingerprint density at radius 1 is 1.38 bits per heavy atom. The molecule has 0 radical (unpaired) electrons.